The van der Waals surface area contributed by atoms with Crippen LogP contribution in [0, 0.1) is 29.8 Å². The summed E-state index contributed by atoms with van der Waals surface area (Å²) in [5.74, 6) is -5.65. The molecule has 1 aliphatic carbocycles. The van der Waals surface area contributed by atoms with Crippen LogP contribution >= 0.6 is 0 Å². The van der Waals surface area contributed by atoms with Gasteiger partial charge in [0.25, 0.3) is 0 Å². The zero-order valence-corrected chi connectivity index (χ0v) is 26.3. The van der Waals surface area contributed by atoms with Gasteiger partial charge in [-0.1, -0.05) is 31.5 Å². The van der Waals surface area contributed by atoms with Gasteiger partial charge in [-0.25, -0.2) is 22.8 Å². The number of allylic oxidation sites excluding steroid dienone is 1. The van der Waals surface area contributed by atoms with Crippen molar-refractivity contribution in [2.75, 3.05) is 13.7 Å². The van der Waals surface area contributed by atoms with Crippen molar-refractivity contribution in [3.63, 3.8) is 0 Å². The number of hydrogen-bond acceptors (Lipinski definition) is 4. The fourth-order valence-corrected chi connectivity index (χ4v) is 6.48. The minimum Gasteiger partial charge on any atom is -0.496 e. The van der Waals surface area contributed by atoms with E-state index in [0.717, 1.165) is 35.9 Å². The maximum atomic E-state index is 15.4. The Balaban J connectivity index is 1.58. The second kappa shape index (κ2) is 12.3. The van der Waals surface area contributed by atoms with Gasteiger partial charge in [0.1, 0.15) is 17.7 Å². The number of rotatable bonds is 7. The first kappa shape index (κ1) is 33.9. The van der Waals surface area contributed by atoms with Crippen molar-refractivity contribution in [3.8, 4) is 16.9 Å². The number of ether oxygens (including phenoxy) is 2. The van der Waals surface area contributed by atoms with E-state index in [9.17, 15) is 27.2 Å². The molecule has 250 valence electrons. The molecule has 0 saturated carbocycles. The number of nitrogens with zero attached hydrogens (tertiary/aromatic N) is 1. The molecule has 3 aromatic carbocycles. The van der Waals surface area contributed by atoms with Crippen LogP contribution in [0.15, 0.2) is 48.0 Å². The van der Waals surface area contributed by atoms with Crippen LogP contribution in [0.1, 0.15) is 78.7 Å². The number of benzene rings is 3. The first-order chi connectivity index (χ1) is 21.9. The van der Waals surface area contributed by atoms with Crippen LogP contribution in [-0.2, 0) is 10.9 Å². The van der Waals surface area contributed by atoms with Crippen LogP contribution in [0.4, 0.5) is 31.1 Å². The fraction of sp³-hybridized carbons (Fsp3) is 0.371. The molecule has 1 heterocycles. The Kier molecular flexibility index (Phi) is 8.85. The summed E-state index contributed by atoms with van der Waals surface area (Å²) < 4.78 is 96.9. The fourth-order valence-electron chi connectivity index (χ4n) is 6.48. The summed E-state index contributed by atoms with van der Waals surface area (Å²) in [5, 5.41) is 9.17. The standard InChI is InChI=1S/C35H33F6NO5/c1-17-10-19(12-21(11-17)35(39,40)41)31-18(2)42(33(45)47-31)16-20-15-34(3,4)9-8-22(20)26-13-25(27(36)14-28(26)46-5)23-6-7-24(32(43)44)30(38)29(23)37/h6-7,10-14,18,31H,8-9,15-16H2,1-5H3,(H,43,44)/t18-,31-/m0/s1. The second-order valence-electron chi connectivity index (χ2n) is 12.9. The van der Waals surface area contributed by atoms with Crippen molar-refractivity contribution in [2.24, 2.45) is 5.41 Å². The first-order valence-electron chi connectivity index (χ1n) is 14.9. The number of hydrogen-bond donors (Lipinski definition) is 1. The molecule has 1 fully saturated rings. The smallest absolute Gasteiger partial charge is 0.416 e. The highest BCUT2D eigenvalue weighted by Crippen LogP contribution is 2.47. The van der Waals surface area contributed by atoms with Gasteiger partial charge in [0.05, 0.1) is 24.3 Å². The van der Waals surface area contributed by atoms with E-state index in [1.807, 2.05) is 13.8 Å². The quantitative estimate of drug-likeness (QED) is 0.256. The summed E-state index contributed by atoms with van der Waals surface area (Å²) in [7, 11) is 1.33. The number of alkyl halides is 3. The number of carbonyl (C=O) groups is 2. The number of carbonyl (C=O) groups excluding carboxylic acids is 1. The zero-order chi connectivity index (χ0) is 34.6. The zero-order valence-electron chi connectivity index (χ0n) is 26.3. The summed E-state index contributed by atoms with van der Waals surface area (Å²) in [6.07, 6.45) is -4.65. The summed E-state index contributed by atoms with van der Waals surface area (Å²) in [4.78, 5) is 26.0. The first-order valence-corrected chi connectivity index (χ1v) is 14.9. The van der Waals surface area contributed by atoms with Gasteiger partial charge in [-0.15, -0.1) is 0 Å². The Morgan fingerprint density at radius 2 is 1.74 bits per heavy atom. The van der Waals surface area contributed by atoms with Crippen molar-refractivity contribution >= 4 is 17.6 Å². The molecule has 2 aliphatic rings. The van der Waals surface area contributed by atoms with E-state index >= 15 is 8.78 Å². The lowest BCUT2D eigenvalue weighted by Gasteiger charge is -2.36. The molecule has 3 aromatic rings. The van der Waals surface area contributed by atoms with Crippen molar-refractivity contribution < 1.29 is 50.5 Å². The molecule has 1 N–H and O–H groups in total. The highest BCUT2D eigenvalue weighted by atomic mass is 19.4. The van der Waals surface area contributed by atoms with Gasteiger partial charge in [0.2, 0.25) is 0 Å². The molecule has 0 aromatic heterocycles. The average molecular weight is 662 g/mol. The molecule has 0 unspecified atom stereocenters. The van der Waals surface area contributed by atoms with Gasteiger partial charge in [-0.2, -0.15) is 13.2 Å². The van der Waals surface area contributed by atoms with E-state index in [0.29, 0.717) is 36.0 Å². The number of methoxy groups -OCH3 is 1. The predicted octanol–water partition coefficient (Wildman–Crippen LogP) is 9.35. The van der Waals surface area contributed by atoms with Crippen molar-refractivity contribution in [1.82, 2.24) is 4.90 Å². The van der Waals surface area contributed by atoms with Gasteiger partial charge in [-0.05, 0) is 79.5 Å². The van der Waals surface area contributed by atoms with E-state index < -0.39 is 64.5 Å². The number of carboxylic acid groups (broad SMARTS) is 1. The Labute approximate surface area is 267 Å². The minimum atomic E-state index is -4.58. The Bertz CT molecular complexity index is 1800. The Hall–Kier alpha value is -4.48. The summed E-state index contributed by atoms with van der Waals surface area (Å²) in [6.45, 7) is 7.34. The number of halogens is 6. The largest absolute Gasteiger partial charge is 0.496 e. The highest BCUT2D eigenvalue weighted by Gasteiger charge is 2.42. The lowest BCUT2D eigenvalue weighted by Crippen LogP contribution is -2.35. The van der Waals surface area contributed by atoms with Gasteiger partial charge in [0, 0.05) is 29.3 Å². The van der Waals surface area contributed by atoms with E-state index in [1.165, 1.54) is 25.0 Å². The third kappa shape index (κ3) is 6.55. The van der Waals surface area contributed by atoms with E-state index in [4.69, 9.17) is 14.6 Å². The molecule has 1 aliphatic heterocycles. The molecule has 47 heavy (non-hydrogen) atoms. The van der Waals surface area contributed by atoms with Crippen LogP contribution in [0.3, 0.4) is 0 Å². The number of carboxylic acids is 1. The molecule has 2 atom stereocenters. The Morgan fingerprint density at radius 1 is 1.04 bits per heavy atom. The number of aryl methyl sites for hydroxylation is 1. The van der Waals surface area contributed by atoms with E-state index in [1.54, 1.807) is 13.0 Å². The van der Waals surface area contributed by atoms with Crippen molar-refractivity contribution in [1.29, 1.82) is 0 Å². The van der Waals surface area contributed by atoms with Crippen LogP contribution in [-0.4, -0.2) is 41.8 Å². The molecular formula is C35H33F6NO5. The van der Waals surface area contributed by atoms with Gasteiger partial charge < -0.3 is 14.6 Å². The lowest BCUT2D eigenvalue weighted by molar-refractivity contribution is -0.137. The summed E-state index contributed by atoms with van der Waals surface area (Å²) in [5.41, 5.74) is -0.369. The van der Waals surface area contributed by atoms with Crippen LogP contribution in [0.2, 0.25) is 0 Å². The lowest BCUT2D eigenvalue weighted by atomic mass is 9.72. The number of amides is 1. The number of aromatic carboxylic acids is 1. The van der Waals surface area contributed by atoms with E-state index in [2.05, 4.69) is 0 Å². The van der Waals surface area contributed by atoms with Gasteiger partial charge in [0.15, 0.2) is 11.6 Å². The molecule has 0 spiro atoms. The maximum absolute atomic E-state index is 15.4. The molecule has 0 bridgehead atoms. The molecular weight excluding hydrogens is 628 g/mol. The highest BCUT2D eigenvalue weighted by molar-refractivity contribution is 5.89. The van der Waals surface area contributed by atoms with Gasteiger partial charge in [-0.3, -0.25) is 4.90 Å². The molecule has 5 rings (SSSR count). The van der Waals surface area contributed by atoms with Gasteiger partial charge >= 0.3 is 18.2 Å². The molecule has 0 radical (unpaired) electrons. The second-order valence-corrected chi connectivity index (χ2v) is 12.9. The van der Waals surface area contributed by atoms with Crippen molar-refractivity contribution in [2.45, 2.75) is 65.3 Å². The van der Waals surface area contributed by atoms with Crippen LogP contribution in [0.25, 0.3) is 16.7 Å². The third-order valence-electron chi connectivity index (χ3n) is 8.90. The topological polar surface area (TPSA) is 76.1 Å². The average Bonchev–Trinajstić information content (AvgIpc) is 3.26. The minimum absolute atomic E-state index is 0.0410. The molecule has 1 saturated heterocycles. The van der Waals surface area contributed by atoms with Crippen LogP contribution < -0.4 is 4.74 Å². The normalized spacial score (nSPS) is 19.6. The predicted molar refractivity (Wildman–Crippen MR) is 161 cm³/mol. The number of cyclic esters (lactones) is 1. The summed E-state index contributed by atoms with van der Waals surface area (Å²) >= 11 is 0. The van der Waals surface area contributed by atoms with Crippen LogP contribution in [0.5, 0.6) is 5.75 Å². The Morgan fingerprint density at radius 3 is 2.38 bits per heavy atom. The van der Waals surface area contributed by atoms with Crippen molar-refractivity contribution in [3.05, 3.63) is 93.3 Å². The SMILES string of the molecule is COc1cc(F)c(-c2ccc(C(=O)O)c(F)c2F)cc1C1=C(CN2C(=O)O[C@H](c3cc(C)cc(C(F)(F)F)c3)[C@@H]2C)CC(C)(C)CC1. The van der Waals surface area contributed by atoms with E-state index in [-0.39, 0.29) is 28.8 Å². The molecule has 6 nitrogen and oxygen atoms in total. The molecule has 12 heteroatoms. The monoisotopic (exact) mass is 661 g/mol. The molecule has 1 amide bonds. The third-order valence-corrected chi connectivity index (χ3v) is 8.90. The summed E-state index contributed by atoms with van der Waals surface area (Å²) in [6, 6.07) is 7.11. The maximum Gasteiger partial charge on any atom is 0.416 e.